The number of hydrogen-bond donors (Lipinski definition) is 2. The Kier molecular flexibility index (Phi) is 5.59. The summed E-state index contributed by atoms with van der Waals surface area (Å²) in [6.45, 7) is 2.66. The highest BCUT2D eigenvalue weighted by atomic mass is 16.5. The van der Waals surface area contributed by atoms with Crippen molar-refractivity contribution in [1.82, 2.24) is 20.3 Å². The van der Waals surface area contributed by atoms with E-state index in [0.29, 0.717) is 38.6 Å². The zero-order valence-corrected chi connectivity index (χ0v) is 15.8. The number of amides is 3. The van der Waals surface area contributed by atoms with Crippen LogP contribution in [0, 0.1) is 0 Å². The molecule has 3 heterocycles. The number of carbonyl (C=O) groups is 2. The molecule has 3 amide bonds. The Balaban J connectivity index is 1.68. The van der Waals surface area contributed by atoms with Crippen molar-refractivity contribution in [1.29, 1.82) is 0 Å². The average Bonchev–Trinajstić information content (AvgIpc) is 2.98. The molecule has 9 nitrogen and oxygen atoms in total. The molecule has 2 aromatic rings. The standard InChI is InChI=1S/C20H22N4O5/c25-19(22-27)14-3-4-16-12-24(20(26)23-6-8-28-9-7-23)17(13-29-18(16)10-14)15-2-1-5-21-11-15/h1-5,10-11,17,27H,6-9,12-13H2,(H,22,25)/t17-/m1/s1. The van der Waals surface area contributed by atoms with Crippen molar-refractivity contribution in [3.8, 4) is 5.75 Å². The van der Waals surface area contributed by atoms with E-state index in [4.69, 9.17) is 14.7 Å². The van der Waals surface area contributed by atoms with E-state index in [0.717, 1.165) is 11.1 Å². The smallest absolute Gasteiger partial charge is 0.321 e. The highest BCUT2D eigenvalue weighted by Crippen LogP contribution is 2.33. The second-order valence-corrected chi connectivity index (χ2v) is 6.89. The van der Waals surface area contributed by atoms with E-state index in [1.807, 2.05) is 12.1 Å². The van der Waals surface area contributed by atoms with Gasteiger partial charge in [-0.15, -0.1) is 0 Å². The summed E-state index contributed by atoms with van der Waals surface area (Å²) in [5, 5.41) is 8.88. The van der Waals surface area contributed by atoms with Gasteiger partial charge in [0.05, 0.1) is 25.8 Å². The van der Waals surface area contributed by atoms with E-state index < -0.39 is 5.91 Å². The molecule has 1 atom stereocenters. The summed E-state index contributed by atoms with van der Waals surface area (Å²) in [5.74, 6) is -0.108. The van der Waals surface area contributed by atoms with Crippen LogP contribution in [0.4, 0.5) is 4.79 Å². The van der Waals surface area contributed by atoms with Crippen LogP contribution in [0.3, 0.4) is 0 Å². The fourth-order valence-electron chi connectivity index (χ4n) is 3.56. The van der Waals surface area contributed by atoms with Crippen LogP contribution >= 0.6 is 0 Å². The zero-order valence-electron chi connectivity index (χ0n) is 15.8. The molecule has 0 spiro atoms. The summed E-state index contributed by atoms with van der Waals surface area (Å²) in [6, 6.07) is 8.23. The lowest BCUT2D eigenvalue weighted by atomic mass is 10.1. The lowest BCUT2D eigenvalue weighted by Crippen LogP contribution is -2.49. The molecule has 0 radical (unpaired) electrons. The number of carbonyl (C=O) groups excluding carboxylic acids is 2. The Morgan fingerprint density at radius 3 is 2.76 bits per heavy atom. The van der Waals surface area contributed by atoms with Crippen molar-refractivity contribution in [3.05, 3.63) is 59.4 Å². The first kappa shape index (κ1) is 19.2. The number of benzene rings is 1. The number of nitrogens with zero attached hydrogens (tertiary/aromatic N) is 3. The molecular weight excluding hydrogens is 376 g/mol. The number of fused-ring (bicyclic) bond motifs is 1. The van der Waals surface area contributed by atoms with E-state index in [9.17, 15) is 9.59 Å². The molecule has 1 saturated heterocycles. The molecule has 4 rings (SSSR count). The first-order chi connectivity index (χ1) is 14.2. The first-order valence-corrected chi connectivity index (χ1v) is 9.41. The monoisotopic (exact) mass is 398 g/mol. The van der Waals surface area contributed by atoms with Gasteiger partial charge in [0, 0.05) is 36.6 Å². The van der Waals surface area contributed by atoms with Crippen molar-refractivity contribution in [2.75, 3.05) is 32.9 Å². The molecule has 1 aromatic heterocycles. The van der Waals surface area contributed by atoms with E-state index in [1.165, 1.54) is 0 Å². The Morgan fingerprint density at radius 2 is 2.03 bits per heavy atom. The molecule has 0 bridgehead atoms. The van der Waals surface area contributed by atoms with Crippen LogP contribution in [-0.4, -0.2) is 64.8 Å². The fraction of sp³-hybridized carbons (Fsp3) is 0.350. The molecule has 29 heavy (non-hydrogen) atoms. The normalized spacial score (nSPS) is 19.0. The third-order valence-corrected chi connectivity index (χ3v) is 5.14. The van der Waals surface area contributed by atoms with Crippen LogP contribution < -0.4 is 10.2 Å². The number of rotatable bonds is 2. The minimum Gasteiger partial charge on any atom is -0.491 e. The van der Waals surface area contributed by atoms with Gasteiger partial charge in [-0.05, 0) is 23.8 Å². The second kappa shape index (κ2) is 8.46. The number of aromatic nitrogens is 1. The number of pyridine rings is 1. The SMILES string of the molecule is O=C(NO)c1ccc2c(c1)OC[C@H](c1cccnc1)N(C(=O)N1CCOCC1)C2. The maximum Gasteiger partial charge on any atom is 0.321 e. The zero-order chi connectivity index (χ0) is 20.2. The molecule has 9 heteroatoms. The molecule has 0 aliphatic carbocycles. The summed E-state index contributed by atoms with van der Waals surface area (Å²) < 4.78 is 11.4. The number of morpholine rings is 1. The minimum absolute atomic E-state index is 0.0872. The number of ether oxygens (including phenoxy) is 2. The van der Waals surface area contributed by atoms with Gasteiger partial charge in [-0.25, -0.2) is 10.3 Å². The molecular formula is C20H22N4O5. The molecule has 152 valence electrons. The molecule has 0 saturated carbocycles. The van der Waals surface area contributed by atoms with Crippen LogP contribution in [0.25, 0.3) is 0 Å². The quantitative estimate of drug-likeness (QED) is 0.588. The van der Waals surface area contributed by atoms with E-state index >= 15 is 0 Å². The lowest BCUT2D eigenvalue weighted by Gasteiger charge is -2.36. The van der Waals surface area contributed by atoms with Crippen molar-refractivity contribution >= 4 is 11.9 Å². The highest BCUT2D eigenvalue weighted by Gasteiger charge is 2.33. The predicted octanol–water partition coefficient (Wildman–Crippen LogP) is 1.59. The molecule has 1 fully saturated rings. The van der Waals surface area contributed by atoms with Gasteiger partial charge >= 0.3 is 6.03 Å². The second-order valence-electron chi connectivity index (χ2n) is 6.89. The van der Waals surface area contributed by atoms with Crippen molar-refractivity contribution in [3.63, 3.8) is 0 Å². The van der Waals surface area contributed by atoms with Gasteiger partial charge in [0.1, 0.15) is 12.4 Å². The Morgan fingerprint density at radius 1 is 1.21 bits per heavy atom. The van der Waals surface area contributed by atoms with Crippen molar-refractivity contribution < 1.29 is 24.3 Å². The molecule has 0 unspecified atom stereocenters. The van der Waals surface area contributed by atoms with Gasteiger partial charge in [-0.2, -0.15) is 0 Å². The number of hydrogen-bond acceptors (Lipinski definition) is 6. The Bertz CT molecular complexity index is 886. The molecule has 2 aliphatic rings. The van der Waals surface area contributed by atoms with E-state index in [1.54, 1.807) is 45.9 Å². The van der Waals surface area contributed by atoms with Crippen LogP contribution in [0.1, 0.15) is 27.5 Å². The highest BCUT2D eigenvalue weighted by molar-refractivity contribution is 5.93. The summed E-state index contributed by atoms with van der Waals surface area (Å²) in [7, 11) is 0. The maximum atomic E-state index is 13.3. The van der Waals surface area contributed by atoms with Gasteiger partial charge < -0.3 is 19.3 Å². The first-order valence-electron chi connectivity index (χ1n) is 9.41. The predicted molar refractivity (Wildman–Crippen MR) is 101 cm³/mol. The van der Waals surface area contributed by atoms with Crippen molar-refractivity contribution in [2.24, 2.45) is 0 Å². The van der Waals surface area contributed by atoms with Gasteiger partial charge in [0.15, 0.2) is 0 Å². The van der Waals surface area contributed by atoms with Crippen molar-refractivity contribution in [2.45, 2.75) is 12.6 Å². The number of urea groups is 1. The van der Waals surface area contributed by atoms with Crippen LogP contribution in [0.15, 0.2) is 42.7 Å². The minimum atomic E-state index is -0.620. The summed E-state index contributed by atoms with van der Waals surface area (Å²) >= 11 is 0. The lowest BCUT2D eigenvalue weighted by molar-refractivity contribution is 0.0362. The van der Waals surface area contributed by atoms with E-state index in [-0.39, 0.29) is 24.2 Å². The summed E-state index contributed by atoms with van der Waals surface area (Å²) in [6.07, 6.45) is 3.41. The van der Waals surface area contributed by atoms with Gasteiger partial charge in [0.25, 0.3) is 5.91 Å². The maximum absolute atomic E-state index is 13.3. The molecule has 2 N–H and O–H groups in total. The number of nitrogens with one attached hydrogen (secondary N) is 1. The third-order valence-electron chi connectivity index (χ3n) is 5.14. The van der Waals surface area contributed by atoms with Crippen LogP contribution in [-0.2, 0) is 11.3 Å². The van der Waals surface area contributed by atoms with Gasteiger partial charge in [-0.1, -0.05) is 12.1 Å². The summed E-state index contributed by atoms with van der Waals surface area (Å²) in [4.78, 5) is 32.8. The molecule has 2 aliphatic heterocycles. The Hall–Kier alpha value is -3.17. The molecule has 1 aromatic carbocycles. The van der Waals surface area contributed by atoms with Gasteiger partial charge in [-0.3, -0.25) is 15.0 Å². The average molecular weight is 398 g/mol. The topological polar surface area (TPSA) is 104 Å². The van der Waals surface area contributed by atoms with Crippen LogP contribution in [0.2, 0.25) is 0 Å². The number of hydroxylamine groups is 1. The Labute approximate surface area is 167 Å². The largest absolute Gasteiger partial charge is 0.491 e. The fourth-order valence-corrected chi connectivity index (χ4v) is 3.56. The van der Waals surface area contributed by atoms with Gasteiger partial charge in [0.2, 0.25) is 0 Å². The van der Waals surface area contributed by atoms with E-state index in [2.05, 4.69) is 4.98 Å². The van der Waals surface area contributed by atoms with Crippen LogP contribution in [0.5, 0.6) is 5.75 Å². The third kappa shape index (κ3) is 4.01. The summed E-state index contributed by atoms with van der Waals surface area (Å²) in [5.41, 5.74) is 3.55.